The van der Waals surface area contributed by atoms with Gasteiger partial charge in [0.25, 0.3) is 0 Å². The average Bonchev–Trinajstić information content (AvgIpc) is 3.15. The van der Waals surface area contributed by atoms with Gasteiger partial charge < -0.3 is 4.74 Å². The van der Waals surface area contributed by atoms with Crippen LogP contribution in [0.4, 0.5) is 0 Å². The number of H-pyrrole nitrogens is 1. The van der Waals surface area contributed by atoms with Crippen LogP contribution in [0.15, 0.2) is 49.1 Å². The predicted molar refractivity (Wildman–Crippen MR) is 126 cm³/mol. The number of ether oxygens (including phenoxy) is 1. The van der Waals surface area contributed by atoms with Crippen LogP contribution >= 0.6 is 0 Å². The number of rotatable bonds is 4. The molecule has 170 valence electrons. The molecule has 2 aliphatic rings. The van der Waals surface area contributed by atoms with Crippen LogP contribution in [0.3, 0.4) is 0 Å². The molecule has 1 unspecified atom stereocenters. The Kier molecular flexibility index (Phi) is 4.08. The van der Waals surface area contributed by atoms with Crippen molar-refractivity contribution in [2.45, 2.75) is 32.1 Å². The molecule has 1 saturated heterocycles. The van der Waals surface area contributed by atoms with Gasteiger partial charge in [0, 0.05) is 30.0 Å². The van der Waals surface area contributed by atoms with Gasteiger partial charge in [0.2, 0.25) is 0 Å². The summed E-state index contributed by atoms with van der Waals surface area (Å²) in [4.78, 5) is 9.47. The molecule has 0 spiro atoms. The van der Waals surface area contributed by atoms with E-state index in [1.165, 1.54) is 0 Å². The Balaban J connectivity index is 1.48. The van der Waals surface area contributed by atoms with E-state index in [4.69, 9.17) is 19.9 Å². The highest BCUT2D eigenvalue weighted by molar-refractivity contribution is 5.78. The first kappa shape index (κ1) is 19.6. The number of fused-ring (bicyclic) bond motifs is 2. The molecule has 1 N–H and O–H groups in total. The molecule has 1 saturated carbocycles. The maximum Gasteiger partial charge on any atom is 0.165 e. The third kappa shape index (κ3) is 2.73. The number of hydrogen-bond donors (Lipinski definition) is 1. The van der Waals surface area contributed by atoms with E-state index in [9.17, 15) is 0 Å². The summed E-state index contributed by atoms with van der Waals surface area (Å²) in [7, 11) is 0. The molecule has 0 radical (unpaired) electrons. The van der Waals surface area contributed by atoms with E-state index < -0.39 is 0 Å². The van der Waals surface area contributed by atoms with E-state index >= 15 is 0 Å². The fourth-order valence-electron chi connectivity index (χ4n) is 5.56. The number of nitrogens with one attached hydrogen (secondary N) is 1. The van der Waals surface area contributed by atoms with Crippen LogP contribution in [0.2, 0.25) is 0 Å². The van der Waals surface area contributed by atoms with Gasteiger partial charge in [0.15, 0.2) is 5.65 Å². The molecular formula is C25H24N8O. The first-order valence-corrected chi connectivity index (χ1v) is 11.6. The molecule has 0 bridgehead atoms. The number of nitrogens with zero attached hydrogens (tertiary/aromatic N) is 7. The van der Waals surface area contributed by atoms with Crippen molar-refractivity contribution in [2.75, 3.05) is 13.2 Å². The van der Waals surface area contributed by atoms with Crippen molar-refractivity contribution in [3.05, 3.63) is 66.1 Å². The van der Waals surface area contributed by atoms with Crippen molar-refractivity contribution in [3.63, 3.8) is 0 Å². The average molecular weight is 453 g/mol. The van der Waals surface area contributed by atoms with Gasteiger partial charge in [-0.3, -0.25) is 10.1 Å². The molecule has 0 aromatic carbocycles. The zero-order valence-electron chi connectivity index (χ0n) is 19.1. The maximum atomic E-state index is 5.75. The number of aromatic amines is 1. The smallest absolute Gasteiger partial charge is 0.165 e. The monoisotopic (exact) mass is 452 g/mol. The fraction of sp³-hybridized carbons (Fsp3) is 0.320. The Morgan fingerprint density at radius 2 is 2.12 bits per heavy atom. The lowest BCUT2D eigenvalue weighted by atomic mass is 9.92. The quantitative estimate of drug-likeness (QED) is 0.447. The van der Waals surface area contributed by atoms with E-state index in [0.29, 0.717) is 5.92 Å². The first-order chi connectivity index (χ1) is 16.7. The summed E-state index contributed by atoms with van der Waals surface area (Å²) >= 11 is 0. The number of hydrogen-bond acceptors (Lipinski definition) is 6. The molecule has 9 nitrogen and oxygen atoms in total. The largest absolute Gasteiger partial charge is 0.381 e. The van der Waals surface area contributed by atoms with Crippen LogP contribution in [0, 0.1) is 19.8 Å². The summed E-state index contributed by atoms with van der Waals surface area (Å²) in [5.74, 6) is 0.530. The minimum atomic E-state index is 0.0887. The SMILES string of the molecule is Cc1nn(-c2cccnc2)c(C)c1-c1cc(C23CCOC[C@@H]2C3)nc2c(-c3ccn[nH]3)cnn12. The molecule has 5 aromatic rings. The molecule has 2 atom stereocenters. The molecule has 1 aliphatic heterocycles. The van der Waals surface area contributed by atoms with Crippen LogP contribution in [0.5, 0.6) is 0 Å². The van der Waals surface area contributed by atoms with E-state index in [-0.39, 0.29) is 5.41 Å². The Morgan fingerprint density at radius 3 is 2.91 bits per heavy atom. The fourth-order valence-corrected chi connectivity index (χ4v) is 5.56. The molecule has 9 heteroatoms. The van der Waals surface area contributed by atoms with Crippen LogP contribution in [-0.4, -0.2) is 52.8 Å². The van der Waals surface area contributed by atoms with Gasteiger partial charge in [0.1, 0.15) is 0 Å². The summed E-state index contributed by atoms with van der Waals surface area (Å²) < 4.78 is 9.65. The third-order valence-electron chi connectivity index (χ3n) is 7.45. The highest BCUT2D eigenvalue weighted by Crippen LogP contribution is 2.58. The van der Waals surface area contributed by atoms with Gasteiger partial charge in [-0.05, 0) is 56.9 Å². The van der Waals surface area contributed by atoms with Crippen LogP contribution in [0.25, 0.3) is 33.8 Å². The molecule has 1 aliphatic carbocycles. The number of pyridine rings is 1. The van der Waals surface area contributed by atoms with Crippen LogP contribution in [0.1, 0.15) is 29.9 Å². The molecule has 6 heterocycles. The Hall–Kier alpha value is -3.85. The van der Waals surface area contributed by atoms with Gasteiger partial charge in [-0.15, -0.1) is 0 Å². The van der Waals surface area contributed by atoms with Crippen molar-refractivity contribution < 1.29 is 4.74 Å². The van der Waals surface area contributed by atoms with E-state index in [0.717, 1.165) is 77.0 Å². The normalized spacial score (nSPS) is 21.6. The van der Waals surface area contributed by atoms with E-state index in [1.54, 1.807) is 12.4 Å². The minimum absolute atomic E-state index is 0.0887. The minimum Gasteiger partial charge on any atom is -0.381 e. The molecule has 34 heavy (non-hydrogen) atoms. The highest BCUT2D eigenvalue weighted by atomic mass is 16.5. The zero-order valence-corrected chi connectivity index (χ0v) is 19.1. The first-order valence-electron chi connectivity index (χ1n) is 11.6. The van der Waals surface area contributed by atoms with Crippen molar-refractivity contribution in [3.8, 4) is 28.2 Å². The zero-order chi connectivity index (χ0) is 22.9. The third-order valence-corrected chi connectivity index (χ3v) is 7.45. The second-order valence-electron chi connectivity index (χ2n) is 9.34. The van der Waals surface area contributed by atoms with Crippen LogP contribution in [-0.2, 0) is 10.2 Å². The van der Waals surface area contributed by atoms with Gasteiger partial charge in [-0.1, -0.05) is 0 Å². The van der Waals surface area contributed by atoms with E-state index in [1.807, 2.05) is 46.7 Å². The molecule has 5 aromatic heterocycles. The van der Waals surface area contributed by atoms with Gasteiger partial charge in [-0.2, -0.15) is 15.3 Å². The molecule has 7 rings (SSSR count). The summed E-state index contributed by atoms with van der Waals surface area (Å²) in [5.41, 5.74) is 8.87. The summed E-state index contributed by atoms with van der Waals surface area (Å²) in [6, 6.07) is 8.13. The molecule has 2 fully saturated rings. The van der Waals surface area contributed by atoms with Gasteiger partial charge >= 0.3 is 0 Å². The molecular weight excluding hydrogens is 428 g/mol. The number of aryl methyl sites for hydroxylation is 1. The van der Waals surface area contributed by atoms with Gasteiger partial charge in [-0.25, -0.2) is 14.2 Å². The van der Waals surface area contributed by atoms with Crippen molar-refractivity contribution >= 4 is 5.65 Å². The van der Waals surface area contributed by atoms with Crippen molar-refractivity contribution in [2.24, 2.45) is 5.92 Å². The lowest BCUT2D eigenvalue weighted by Crippen LogP contribution is -2.23. The second-order valence-corrected chi connectivity index (χ2v) is 9.34. The van der Waals surface area contributed by atoms with Crippen LogP contribution < -0.4 is 0 Å². The maximum absolute atomic E-state index is 5.75. The van der Waals surface area contributed by atoms with Crippen molar-refractivity contribution in [1.82, 2.24) is 39.6 Å². The topological polar surface area (TPSA) is 98.8 Å². The predicted octanol–water partition coefficient (Wildman–Crippen LogP) is 3.66. The summed E-state index contributed by atoms with van der Waals surface area (Å²) in [6.45, 7) is 5.74. The lowest BCUT2D eigenvalue weighted by Gasteiger charge is -2.23. The Morgan fingerprint density at radius 1 is 1.18 bits per heavy atom. The summed E-state index contributed by atoms with van der Waals surface area (Å²) in [5, 5.41) is 16.9. The highest BCUT2D eigenvalue weighted by Gasteiger charge is 2.58. The standard InChI is InChI=1S/C25H24N8O/c1-15-23(16(2)32(31-15)18-4-3-7-26-12-18)21-10-22(25-6-9-34-14-17(25)11-25)29-24-19(13-28-33(21)24)20-5-8-27-30-20/h3-5,7-8,10,12-13,17H,6,9,11,14H2,1-2H3,(H,27,30)/t17-,25?/m0/s1. The Bertz CT molecular complexity index is 1520. The lowest BCUT2D eigenvalue weighted by molar-refractivity contribution is 0.0795. The second kappa shape index (κ2) is 7.07. The van der Waals surface area contributed by atoms with Crippen molar-refractivity contribution in [1.29, 1.82) is 0 Å². The summed E-state index contributed by atoms with van der Waals surface area (Å²) in [6.07, 6.45) is 9.34. The molecule has 0 amide bonds. The van der Waals surface area contributed by atoms with Gasteiger partial charge in [0.05, 0.1) is 58.7 Å². The number of aromatic nitrogens is 8. The Labute approximate surface area is 195 Å². The van der Waals surface area contributed by atoms with E-state index in [2.05, 4.69) is 28.2 Å².